The van der Waals surface area contributed by atoms with Gasteiger partial charge in [0.05, 0.1) is 12.9 Å². The van der Waals surface area contributed by atoms with Crippen molar-refractivity contribution in [3.05, 3.63) is 34.4 Å². The predicted octanol–water partition coefficient (Wildman–Crippen LogP) is 0.984. The number of hydrogen-bond acceptors (Lipinski definition) is 6. The van der Waals surface area contributed by atoms with E-state index in [1.165, 1.54) is 12.3 Å². The zero-order valence-corrected chi connectivity index (χ0v) is 11.6. The topological polar surface area (TPSA) is 94.1 Å². The van der Waals surface area contributed by atoms with Crippen LogP contribution in [0.3, 0.4) is 0 Å². The number of likely N-dealkylation sites (tertiary alicyclic amines) is 1. The van der Waals surface area contributed by atoms with Crippen LogP contribution >= 0.6 is 0 Å². The quantitative estimate of drug-likeness (QED) is 0.763. The van der Waals surface area contributed by atoms with Crippen LogP contribution in [0.25, 0.3) is 10.8 Å². The maximum absolute atomic E-state index is 11.8. The number of aromatic hydroxyl groups is 2. The summed E-state index contributed by atoms with van der Waals surface area (Å²) >= 11 is 0. The maximum atomic E-state index is 11.8. The molecule has 0 bridgehead atoms. The van der Waals surface area contributed by atoms with Gasteiger partial charge in [0.1, 0.15) is 16.9 Å². The number of fused-ring (bicyclic) bond motifs is 1. The third-order valence-electron chi connectivity index (χ3n) is 4.36. The highest BCUT2D eigenvalue weighted by Gasteiger charge is 2.35. The Hall–Kier alpha value is -2.05. The van der Waals surface area contributed by atoms with E-state index in [0.717, 1.165) is 13.0 Å². The molecule has 1 fully saturated rings. The van der Waals surface area contributed by atoms with Crippen molar-refractivity contribution in [1.29, 1.82) is 0 Å². The second kappa shape index (κ2) is 5.05. The SMILES string of the molecule is CN1CCC(c2c(O)cc(O)c3c(=O)occc23)C1CO. The molecule has 1 aromatic carbocycles. The van der Waals surface area contributed by atoms with Gasteiger partial charge in [-0.25, -0.2) is 4.79 Å². The highest BCUT2D eigenvalue weighted by Crippen LogP contribution is 2.43. The molecule has 2 atom stereocenters. The Morgan fingerprint density at radius 2 is 2.14 bits per heavy atom. The average molecular weight is 291 g/mol. The van der Waals surface area contributed by atoms with E-state index >= 15 is 0 Å². The van der Waals surface area contributed by atoms with Gasteiger partial charge in [-0.05, 0) is 26.1 Å². The molecular weight excluding hydrogens is 274 g/mol. The van der Waals surface area contributed by atoms with Gasteiger partial charge in [-0.2, -0.15) is 0 Å². The van der Waals surface area contributed by atoms with Crippen LogP contribution in [-0.2, 0) is 0 Å². The Labute approximate surface area is 120 Å². The lowest BCUT2D eigenvalue weighted by Crippen LogP contribution is -2.32. The second-order valence-corrected chi connectivity index (χ2v) is 5.45. The molecule has 3 N–H and O–H groups in total. The molecule has 6 nitrogen and oxygen atoms in total. The number of phenolic OH excluding ortho intramolecular Hbond substituents is 2. The molecule has 2 heterocycles. The van der Waals surface area contributed by atoms with Crippen LogP contribution < -0.4 is 5.63 Å². The van der Waals surface area contributed by atoms with E-state index in [2.05, 4.69) is 0 Å². The van der Waals surface area contributed by atoms with E-state index < -0.39 is 5.63 Å². The van der Waals surface area contributed by atoms with Crippen molar-refractivity contribution in [2.45, 2.75) is 18.4 Å². The minimum Gasteiger partial charge on any atom is -0.507 e. The molecule has 6 heteroatoms. The molecule has 0 radical (unpaired) electrons. The smallest absolute Gasteiger partial charge is 0.347 e. The summed E-state index contributed by atoms with van der Waals surface area (Å²) in [4.78, 5) is 13.8. The number of phenols is 2. The van der Waals surface area contributed by atoms with Gasteiger partial charge < -0.3 is 24.6 Å². The molecule has 0 spiro atoms. The minimum absolute atomic E-state index is 0.0373. The first-order valence-corrected chi connectivity index (χ1v) is 6.82. The number of nitrogens with zero attached hydrogens (tertiary/aromatic N) is 1. The van der Waals surface area contributed by atoms with Crippen molar-refractivity contribution in [1.82, 2.24) is 4.90 Å². The molecule has 21 heavy (non-hydrogen) atoms. The molecule has 2 aromatic rings. The number of likely N-dealkylation sites (N-methyl/N-ethyl adjacent to an activating group) is 1. The molecule has 1 aliphatic heterocycles. The van der Waals surface area contributed by atoms with Gasteiger partial charge >= 0.3 is 5.63 Å². The van der Waals surface area contributed by atoms with Crippen LogP contribution in [0.5, 0.6) is 11.5 Å². The number of hydrogen-bond donors (Lipinski definition) is 3. The lowest BCUT2D eigenvalue weighted by atomic mass is 9.87. The molecule has 0 aliphatic carbocycles. The number of benzene rings is 1. The summed E-state index contributed by atoms with van der Waals surface area (Å²) in [6.07, 6.45) is 2.01. The fraction of sp³-hybridized carbons (Fsp3) is 0.400. The minimum atomic E-state index is -0.641. The normalized spacial score (nSPS) is 23.0. The van der Waals surface area contributed by atoms with Gasteiger partial charge in [0.15, 0.2) is 0 Å². The van der Waals surface area contributed by atoms with Crippen LogP contribution in [0.15, 0.2) is 27.6 Å². The molecule has 1 aromatic heterocycles. The zero-order chi connectivity index (χ0) is 15.1. The highest BCUT2D eigenvalue weighted by atomic mass is 16.4. The summed E-state index contributed by atoms with van der Waals surface area (Å²) in [7, 11) is 1.91. The number of rotatable bonds is 2. The highest BCUT2D eigenvalue weighted by molar-refractivity contribution is 5.92. The summed E-state index contributed by atoms with van der Waals surface area (Å²) in [6.45, 7) is 0.754. The monoisotopic (exact) mass is 291 g/mol. The Bertz CT molecular complexity index is 739. The Balaban J connectivity index is 2.28. The number of aliphatic hydroxyl groups is 1. The summed E-state index contributed by atoms with van der Waals surface area (Å²) in [5.41, 5.74) is -0.0581. The van der Waals surface area contributed by atoms with E-state index in [1.807, 2.05) is 11.9 Å². The third-order valence-corrected chi connectivity index (χ3v) is 4.36. The molecule has 2 unspecified atom stereocenters. The van der Waals surface area contributed by atoms with Crippen LogP contribution in [0.2, 0.25) is 0 Å². The molecule has 0 saturated carbocycles. The molecule has 1 saturated heterocycles. The standard InChI is InChI=1S/C15H17NO5/c1-16-4-2-8(10(16)7-17)13-9-3-5-21-15(20)14(9)12(19)6-11(13)18/h3,5-6,8,10,17-19H,2,4,7H2,1H3. The van der Waals surface area contributed by atoms with Gasteiger partial charge in [0.25, 0.3) is 0 Å². The third kappa shape index (κ3) is 2.07. The van der Waals surface area contributed by atoms with Crippen LogP contribution in [-0.4, -0.2) is 46.5 Å². The maximum Gasteiger partial charge on any atom is 0.347 e. The predicted molar refractivity (Wildman–Crippen MR) is 76.7 cm³/mol. The first kappa shape index (κ1) is 13.9. The van der Waals surface area contributed by atoms with Gasteiger partial charge in [-0.1, -0.05) is 0 Å². The van der Waals surface area contributed by atoms with Crippen molar-refractivity contribution in [2.24, 2.45) is 0 Å². The summed E-state index contributed by atoms with van der Waals surface area (Å²) in [5.74, 6) is -0.471. The summed E-state index contributed by atoms with van der Waals surface area (Å²) < 4.78 is 4.80. The molecule has 112 valence electrons. The van der Waals surface area contributed by atoms with Crippen molar-refractivity contribution in [3.63, 3.8) is 0 Å². The van der Waals surface area contributed by atoms with Gasteiger partial charge in [-0.15, -0.1) is 0 Å². The lowest BCUT2D eigenvalue weighted by molar-refractivity contribution is 0.172. The van der Waals surface area contributed by atoms with E-state index in [1.54, 1.807) is 6.07 Å². The summed E-state index contributed by atoms with van der Waals surface area (Å²) in [6, 6.07) is 2.61. The molecule has 1 aliphatic rings. The van der Waals surface area contributed by atoms with Crippen molar-refractivity contribution in [2.75, 3.05) is 20.2 Å². The first-order chi connectivity index (χ1) is 10.0. The molecule has 3 rings (SSSR count). The zero-order valence-electron chi connectivity index (χ0n) is 11.6. The van der Waals surface area contributed by atoms with Crippen molar-refractivity contribution in [3.8, 4) is 11.5 Å². The first-order valence-electron chi connectivity index (χ1n) is 6.82. The van der Waals surface area contributed by atoms with Crippen LogP contribution in [0.1, 0.15) is 17.9 Å². The average Bonchev–Trinajstić information content (AvgIpc) is 2.79. The van der Waals surface area contributed by atoms with E-state index in [-0.39, 0.29) is 35.5 Å². The Kier molecular flexibility index (Phi) is 3.35. The lowest BCUT2D eigenvalue weighted by Gasteiger charge is -2.24. The molecular formula is C15H17NO5. The van der Waals surface area contributed by atoms with Crippen molar-refractivity contribution < 1.29 is 19.7 Å². The summed E-state index contributed by atoms with van der Waals surface area (Å²) in [5, 5.41) is 30.3. The largest absolute Gasteiger partial charge is 0.507 e. The van der Waals surface area contributed by atoms with E-state index in [4.69, 9.17) is 4.42 Å². The van der Waals surface area contributed by atoms with E-state index in [9.17, 15) is 20.1 Å². The Morgan fingerprint density at radius 3 is 2.86 bits per heavy atom. The Morgan fingerprint density at radius 1 is 1.38 bits per heavy atom. The molecule has 0 amide bonds. The van der Waals surface area contributed by atoms with Gasteiger partial charge in [0.2, 0.25) is 0 Å². The van der Waals surface area contributed by atoms with E-state index in [0.29, 0.717) is 10.9 Å². The van der Waals surface area contributed by atoms with Crippen LogP contribution in [0.4, 0.5) is 0 Å². The van der Waals surface area contributed by atoms with Gasteiger partial charge in [-0.3, -0.25) is 0 Å². The van der Waals surface area contributed by atoms with Gasteiger partial charge in [0, 0.05) is 29.0 Å². The van der Waals surface area contributed by atoms with Crippen molar-refractivity contribution >= 4 is 10.8 Å². The fourth-order valence-corrected chi connectivity index (χ4v) is 3.30. The second-order valence-electron chi connectivity index (χ2n) is 5.45. The fourth-order valence-electron chi connectivity index (χ4n) is 3.30. The number of aliphatic hydroxyl groups excluding tert-OH is 1. The van der Waals surface area contributed by atoms with Crippen LogP contribution in [0, 0.1) is 0 Å².